The zero-order valence-corrected chi connectivity index (χ0v) is 13.2. The third kappa shape index (κ3) is 3.42. The summed E-state index contributed by atoms with van der Waals surface area (Å²) in [5.74, 6) is -2.03. The first-order valence-electron chi connectivity index (χ1n) is 5.75. The third-order valence-corrected chi connectivity index (χ3v) is 4.77. The highest BCUT2D eigenvalue weighted by Crippen LogP contribution is 2.28. The molecule has 0 saturated heterocycles. The van der Waals surface area contributed by atoms with E-state index in [0.29, 0.717) is 12.3 Å². The van der Waals surface area contributed by atoms with Gasteiger partial charge < -0.3 is 9.73 Å². The fourth-order valence-corrected chi connectivity index (χ4v) is 3.68. The second-order valence-corrected chi connectivity index (χ2v) is 6.46. The molecule has 9 heteroatoms. The van der Waals surface area contributed by atoms with E-state index in [2.05, 4.69) is 21.2 Å². The van der Waals surface area contributed by atoms with Gasteiger partial charge in [0, 0.05) is 6.07 Å². The molecule has 0 aliphatic heterocycles. The quantitative estimate of drug-likeness (QED) is 0.836. The predicted molar refractivity (Wildman–Crippen MR) is 76.3 cm³/mol. The summed E-state index contributed by atoms with van der Waals surface area (Å²) >= 11 is 2.99. The van der Waals surface area contributed by atoms with Gasteiger partial charge in [0.25, 0.3) is 10.0 Å². The molecule has 0 spiro atoms. The minimum absolute atomic E-state index is 0.0166. The largest absolute Gasteiger partial charge is 0.451 e. The summed E-state index contributed by atoms with van der Waals surface area (Å²) in [5.41, 5.74) is -0.474. The molecule has 0 aliphatic carbocycles. The lowest BCUT2D eigenvalue weighted by Crippen LogP contribution is -2.14. The normalized spacial score (nSPS) is 11.6. The van der Waals surface area contributed by atoms with Gasteiger partial charge in [0.15, 0.2) is 16.3 Å². The van der Waals surface area contributed by atoms with Crippen molar-refractivity contribution >= 4 is 31.6 Å². The average molecular weight is 381 g/mol. The van der Waals surface area contributed by atoms with Gasteiger partial charge in [-0.25, -0.2) is 17.2 Å². The summed E-state index contributed by atoms with van der Waals surface area (Å²) in [6.45, 7) is 0.322. The molecule has 0 amide bonds. The lowest BCUT2D eigenvalue weighted by atomic mass is 10.3. The van der Waals surface area contributed by atoms with Crippen molar-refractivity contribution in [3.8, 4) is 0 Å². The van der Waals surface area contributed by atoms with Gasteiger partial charge in [-0.05, 0) is 35.1 Å². The minimum atomic E-state index is -4.11. The minimum Gasteiger partial charge on any atom is -0.451 e. The standard InChI is InChI=1S/C12H11BrF2N2O3S/c1-16-6-7-5-10(12(13)20-7)21(18,19)17-9-4-2-3-8(14)11(9)15/h2-5,16-17H,6H2,1H3. The highest BCUT2D eigenvalue weighted by atomic mass is 79.9. The molecular formula is C12H11BrF2N2O3S. The number of hydrogen-bond acceptors (Lipinski definition) is 4. The van der Waals surface area contributed by atoms with E-state index in [4.69, 9.17) is 4.42 Å². The maximum Gasteiger partial charge on any atom is 0.266 e. The summed E-state index contributed by atoms with van der Waals surface area (Å²) in [5, 5.41) is 2.80. The van der Waals surface area contributed by atoms with Crippen LogP contribution in [0.2, 0.25) is 0 Å². The first-order valence-corrected chi connectivity index (χ1v) is 8.02. The van der Waals surface area contributed by atoms with Gasteiger partial charge in [-0.2, -0.15) is 0 Å². The van der Waals surface area contributed by atoms with Crippen LogP contribution in [0.5, 0.6) is 0 Å². The Bertz CT molecular complexity index is 762. The number of halogens is 3. The van der Waals surface area contributed by atoms with Crippen LogP contribution in [-0.2, 0) is 16.6 Å². The van der Waals surface area contributed by atoms with Crippen molar-refractivity contribution < 1.29 is 21.6 Å². The number of nitrogens with one attached hydrogen (secondary N) is 2. The molecule has 2 aromatic rings. The smallest absolute Gasteiger partial charge is 0.266 e. The Kier molecular flexibility index (Phi) is 4.64. The molecule has 1 aromatic carbocycles. The Hall–Kier alpha value is -1.45. The van der Waals surface area contributed by atoms with Crippen LogP contribution >= 0.6 is 15.9 Å². The first kappa shape index (κ1) is 15.9. The van der Waals surface area contributed by atoms with Crippen LogP contribution in [0.1, 0.15) is 5.76 Å². The zero-order chi connectivity index (χ0) is 15.6. The van der Waals surface area contributed by atoms with Crippen molar-refractivity contribution in [3.05, 3.63) is 46.3 Å². The monoisotopic (exact) mass is 380 g/mol. The van der Waals surface area contributed by atoms with Crippen LogP contribution in [0.25, 0.3) is 0 Å². The van der Waals surface area contributed by atoms with E-state index < -0.39 is 27.3 Å². The van der Waals surface area contributed by atoms with E-state index in [0.717, 1.165) is 12.1 Å². The third-order valence-electron chi connectivity index (χ3n) is 2.54. The van der Waals surface area contributed by atoms with Crippen molar-refractivity contribution in [2.45, 2.75) is 11.4 Å². The molecule has 114 valence electrons. The predicted octanol–water partition coefficient (Wildman–Crippen LogP) is 2.84. The molecule has 0 fully saturated rings. The molecule has 0 radical (unpaired) electrons. The molecule has 21 heavy (non-hydrogen) atoms. The maximum atomic E-state index is 13.5. The van der Waals surface area contributed by atoms with E-state index >= 15 is 0 Å². The van der Waals surface area contributed by atoms with E-state index in [1.165, 1.54) is 12.1 Å². The molecule has 0 bridgehead atoms. The molecule has 5 nitrogen and oxygen atoms in total. The van der Waals surface area contributed by atoms with E-state index in [1.807, 2.05) is 4.72 Å². The van der Waals surface area contributed by atoms with Crippen molar-refractivity contribution in [3.63, 3.8) is 0 Å². The van der Waals surface area contributed by atoms with Gasteiger partial charge in [0.05, 0.1) is 12.2 Å². The summed E-state index contributed by atoms with van der Waals surface area (Å²) in [6.07, 6.45) is 0. The fraction of sp³-hybridized carbons (Fsp3) is 0.167. The van der Waals surface area contributed by atoms with Crippen LogP contribution < -0.4 is 10.0 Å². The Balaban J connectivity index is 2.36. The molecular weight excluding hydrogens is 370 g/mol. The Labute approximate surface area is 128 Å². The molecule has 2 rings (SSSR count). The van der Waals surface area contributed by atoms with E-state index in [-0.39, 0.29) is 9.56 Å². The summed E-state index contributed by atoms with van der Waals surface area (Å²) in [7, 11) is -2.43. The van der Waals surface area contributed by atoms with Crippen molar-refractivity contribution in [2.75, 3.05) is 11.8 Å². The molecule has 2 N–H and O–H groups in total. The zero-order valence-electron chi connectivity index (χ0n) is 10.8. The first-order chi connectivity index (χ1) is 9.85. The van der Waals surface area contributed by atoms with Gasteiger partial charge in [0.1, 0.15) is 10.7 Å². The fourth-order valence-electron chi connectivity index (χ4n) is 1.62. The van der Waals surface area contributed by atoms with E-state index in [9.17, 15) is 17.2 Å². The number of hydrogen-bond donors (Lipinski definition) is 2. The van der Waals surface area contributed by atoms with Gasteiger partial charge in [0.2, 0.25) is 0 Å². The molecule has 0 saturated carbocycles. The van der Waals surface area contributed by atoms with Crippen LogP contribution in [0.3, 0.4) is 0 Å². The lowest BCUT2D eigenvalue weighted by Gasteiger charge is -2.07. The summed E-state index contributed by atoms with van der Waals surface area (Å²) in [4.78, 5) is -0.198. The van der Waals surface area contributed by atoms with E-state index in [1.54, 1.807) is 7.05 Å². The summed E-state index contributed by atoms with van der Waals surface area (Å²) < 4.78 is 58.2. The van der Waals surface area contributed by atoms with Gasteiger partial charge in [-0.3, -0.25) is 4.72 Å². The highest BCUT2D eigenvalue weighted by Gasteiger charge is 2.24. The SMILES string of the molecule is CNCc1cc(S(=O)(=O)Nc2cccc(F)c2F)c(Br)o1. The molecule has 1 aromatic heterocycles. The van der Waals surface area contributed by atoms with Crippen LogP contribution in [0.4, 0.5) is 14.5 Å². The van der Waals surface area contributed by atoms with Gasteiger partial charge in [-0.1, -0.05) is 6.07 Å². The molecule has 0 atom stereocenters. The number of rotatable bonds is 5. The van der Waals surface area contributed by atoms with Crippen molar-refractivity contribution in [1.82, 2.24) is 5.32 Å². The van der Waals surface area contributed by atoms with Gasteiger partial charge in [-0.15, -0.1) is 0 Å². The number of benzene rings is 1. The number of furan rings is 1. The van der Waals surface area contributed by atoms with Crippen molar-refractivity contribution in [1.29, 1.82) is 0 Å². The molecule has 0 aliphatic rings. The Morgan fingerprint density at radius 1 is 1.33 bits per heavy atom. The lowest BCUT2D eigenvalue weighted by molar-refractivity contribution is 0.470. The molecule has 0 unspecified atom stereocenters. The second kappa shape index (κ2) is 6.12. The maximum absolute atomic E-state index is 13.5. The number of anilines is 1. The van der Waals surface area contributed by atoms with Gasteiger partial charge >= 0.3 is 0 Å². The van der Waals surface area contributed by atoms with Crippen LogP contribution in [-0.4, -0.2) is 15.5 Å². The second-order valence-electron chi connectivity index (χ2n) is 4.09. The number of sulfonamides is 1. The highest BCUT2D eigenvalue weighted by molar-refractivity contribution is 9.10. The summed E-state index contributed by atoms with van der Waals surface area (Å²) in [6, 6.07) is 4.51. The molecule has 1 heterocycles. The van der Waals surface area contributed by atoms with Crippen LogP contribution in [0.15, 0.2) is 38.2 Å². The van der Waals surface area contributed by atoms with Crippen LogP contribution in [0, 0.1) is 11.6 Å². The average Bonchev–Trinajstić information content (AvgIpc) is 2.77. The Morgan fingerprint density at radius 3 is 2.71 bits per heavy atom. The van der Waals surface area contributed by atoms with Crippen molar-refractivity contribution in [2.24, 2.45) is 0 Å². The topological polar surface area (TPSA) is 71.3 Å². The Morgan fingerprint density at radius 2 is 2.05 bits per heavy atom.